The fourth-order valence-corrected chi connectivity index (χ4v) is 3.29. The van der Waals surface area contributed by atoms with E-state index in [4.69, 9.17) is 0 Å². The number of rotatable bonds is 6. The molecule has 0 aliphatic rings. The quantitative estimate of drug-likeness (QED) is 0.450. The van der Waals surface area contributed by atoms with Gasteiger partial charge in [-0.25, -0.2) is 14.0 Å². The normalized spacial score (nSPS) is 11.1. The minimum absolute atomic E-state index is 0.163. The Hall–Kier alpha value is -4.21. The van der Waals surface area contributed by atoms with Gasteiger partial charge in [0.2, 0.25) is 6.20 Å². The van der Waals surface area contributed by atoms with E-state index in [-0.39, 0.29) is 22.0 Å². The molecule has 0 saturated carbocycles. The molecule has 10 heteroatoms. The molecule has 2 N–H and O–H groups in total. The highest BCUT2D eigenvalue weighted by Gasteiger charge is 2.20. The summed E-state index contributed by atoms with van der Waals surface area (Å²) in [6.07, 6.45) is 1.38. The number of amides is 1. The Bertz CT molecular complexity index is 1200. The molecule has 1 amide bonds. The van der Waals surface area contributed by atoms with Crippen molar-refractivity contribution in [2.45, 2.75) is 6.54 Å². The Balaban J connectivity index is 2.12. The largest absolute Gasteiger partial charge is 0.478 e. The average Bonchev–Trinajstić information content (AvgIpc) is 3.09. The monoisotopic (exact) mass is 427 g/mol. The predicted octanol–water partition coefficient (Wildman–Crippen LogP) is 4.12. The number of halogens is 1. The second-order valence-corrected chi connectivity index (χ2v) is 6.72. The lowest BCUT2D eigenvalue weighted by Crippen LogP contribution is -2.25. The number of carbonyl (C=O) groups excluding carboxylic acids is 1. The zero-order valence-corrected chi connectivity index (χ0v) is 16.6. The molecule has 0 bridgehead atoms. The lowest BCUT2D eigenvalue weighted by atomic mass is 10.0. The molecule has 160 valence electrons. The predicted molar refractivity (Wildman–Crippen MR) is 111 cm³/mol. The molecule has 3 aromatic rings. The van der Waals surface area contributed by atoms with E-state index in [1.165, 1.54) is 18.1 Å². The highest BCUT2D eigenvalue weighted by molar-refractivity contribution is 6.09. The van der Waals surface area contributed by atoms with E-state index in [2.05, 4.69) is 9.72 Å². The number of aromatic nitrogens is 1. The SMILES string of the molecule is COC(=O)N(C)Cc1ccc(-c2[nH]c3cc(F)cc(C(=O)O)c3c2/C=C/[N+](=O)[O-])cc1. The van der Waals surface area contributed by atoms with Crippen molar-refractivity contribution in [3.05, 3.63) is 75.2 Å². The molecule has 0 saturated heterocycles. The summed E-state index contributed by atoms with van der Waals surface area (Å²) in [4.78, 5) is 37.7. The third-order valence-electron chi connectivity index (χ3n) is 4.64. The van der Waals surface area contributed by atoms with E-state index in [0.29, 0.717) is 24.0 Å². The third kappa shape index (κ3) is 4.53. The number of methoxy groups -OCH3 is 1. The van der Waals surface area contributed by atoms with Crippen LogP contribution in [0, 0.1) is 15.9 Å². The molecular weight excluding hydrogens is 409 g/mol. The van der Waals surface area contributed by atoms with Gasteiger partial charge in [0.15, 0.2) is 0 Å². The maximum atomic E-state index is 13.9. The summed E-state index contributed by atoms with van der Waals surface area (Å²) in [5.74, 6) is -2.10. The van der Waals surface area contributed by atoms with Crippen molar-refractivity contribution in [2.75, 3.05) is 14.2 Å². The number of carboxylic acids is 1. The summed E-state index contributed by atoms with van der Waals surface area (Å²) in [5, 5.41) is 20.5. The maximum Gasteiger partial charge on any atom is 0.409 e. The minimum atomic E-state index is -1.35. The Morgan fingerprint density at radius 1 is 1.29 bits per heavy atom. The average molecular weight is 427 g/mol. The fourth-order valence-electron chi connectivity index (χ4n) is 3.29. The van der Waals surface area contributed by atoms with E-state index in [9.17, 15) is 29.2 Å². The van der Waals surface area contributed by atoms with E-state index in [0.717, 1.165) is 17.7 Å². The zero-order valence-electron chi connectivity index (χ0n) is 16.6. The van der Waals surface area contributed by atoms with Crippen LogP contribution in [-0.4, -0.2) is 46.1 Å². The van der Waals surface area contributed by atoms with Crippen LogP contribution in [0.4, 0.5) is 9.18 Å². The topological polar surface area (TPSA) is 126 Å². The molecule has 0 spiro atoms. The van der Waals surface area contributed by atoms with Crippen molar-refractivity contribution in [1.82, 2.24) is 9.88 Å². The van der Waals surface area contributed by atoms with Crippen molar-refractivity contribution < 1.29 is 28.7 Å². The number of carbonyl (C=O) groups is 2. The van der Waals surface area contributed by atoms with Gasteiger partial charge in [0.1, 0.15) is 5.82 Å². The standard InChI is InChI=1S/C21H18FN3O6/c1-24(21(28)31-2)11-12-3-5-13(6-4-12)19-15(7-8-25(29)30)18-16(20(26)27)9-14(22)10-17(18)23-19/h3-10,23H,11H2,1-2H3,(H,26,27)/b8-7+. The van der Waals surface area contributed by atoms with E-state index < -0.39 is 22.8 Å². The van der Waals surface area contributed by atoms with Crippen LogP contribution in [0.2, 0.25) is 0 Å². The first-order chi connectivity index (χ1) is 14.7. The van der Waals surface area contributed by atoms with Gasteiger partial charge in [-0.05, 0) is 23.3 Å². The molecule has 0 fully saturated rings. The number of aromatic carboxylic acids is 1. The number of nitrogens with one attached hydrogen (secondary N) is 1. The van der Waals surface area contributed by atoms with Crippen molar-refractivity contribution in [2.24, 2.45) is 0 Å². The number of aromatic amines is 1. The van der Waals surface area contributed by atoms with Crippen molar-refractivity contribution >= 4 is 29.0 Å². The number of hydrogen-bond donors (Lipinski definition) is 2. The van der Waals surface area contributed by atoms with Gasteiger partial charge in [0, 0.05) is 30.6 Å². The highest BCUT2D eigenvalue weighted by atomic mass is 19.1. The highest BCUT2D eigenvalue weighted by Crippen LogP contribution is 2.34. The molecule has 0 radical (unpaired) electrons. The molecular formula is C21H18FN3O6. The van der Waals surface area contributed by atoms with E-state index >= 15 is 0 Å². The number of nitrogens with zero attached hydrogens (tertiary/aromatic N) is 2. The molecule has 1 aromatic heterocycles. The Kier molecular flexibility index (Phi) is 6.00. The lowest BCUT2D eigenvalue weighted by Gasteiger charge is -2.15. The molecule has 1 heterocycles. The second kappa shape index (κ2) is 8.66. The Morgan fingerprint density at radius 3 is 2.55 bits per heavy atom. The molecule has 0 aliphatic carbocycles. The van der Waals surface area contributed by atoms with Gasteiger partial charge in [-0.15, -0.1) is 0 Å². The van der Waals surface area contributed by atoms with Crippen molar-refractivity contribution in [3.8, 4) is 11.3 Å². The van der Waals surface area contributed by atoms with Crippen LogP contribution in [0.1, 0.15) is 21.5 Å². The third-order valence-corrected chi connectivity index (χ3v) is 4.64. The van der Waals surface area contributed by atoms with Crippen molar-refractivity contribution in [3.63, 3.8) is 0 Å². The Morgan fingerprint density at radius 2 is 1.97 bits per heavy atom. The zero-order chi connectivity index (χ0) is 22.7. The molecule has 0 aliphatic heterocycles. The molecule has 2 aromatic carbocycles. The first-order valence-electron chi connectivity index (χ1n) is 9.00. The van der Waals surface area contributed by atoms with Crippen LogP contribution in [0.15, 0.2) is 42.6 Å². The van der Waals surface area contributed by atoms with Crippen LogP contribution >= 0.6 is 0 Å². The summed E-state index contributed by atoms with van der Waals surface area (Å²) in [7, 11) is 2.87. The van der Waals surface area contributed by atoms with Crippen LogP contribution in [0.5, 0.6) is 0 Å². The minimum Gasteiger partial charge on any atom is -0.478 e. The number of benzene rings is 2. The van der Waals surface area contributed by atoms with Gasteiger partial charge < -0.3 is 19.7 Å². The molecule has 0 unspecified atom stereocenters. The van der Waals surface area contributed by atoms with Crippen LogP contribution in [0.25, 0.3) is 28.2 Å². The smallest absolute Gasteiger partial charge is 0.409 e. The number of fused-ring (bicyclic) bond motifs is 1. The maximum absolute atomic E-state index is 13.9. The van der Waals surface area contributed by atoms with Crippen LogP contribution in [-0.2, 0) is 11.3 Å². The number of ether oxygens (including phenoxy) is 1. The molecule has 3 rings (SSSR count). The summed E-state index contributed by atoms with van der Waals surface area (Å²) in [5.41, 5.74) is 1.94. The van der Waals surface area contributed by atoms with Crippen LogP contribution in [0.3, 0.4) is 0 Å². The fraction of sp³-hybridized carbons (Fsp3) is 0.143. The molecule has 0 atom stereocenters. The first-order valence-corrected chi connectivity index (χ1v) is 9.00. The van der Waals surface area contributed by atoms with Gasteiger partial charge in [0.25, 0.3) is 0 Å². The molecule has 31 heavy (non-hydrogen) atoms. The van der Waals surface area contributed by atoms with Gasteiger partial charge >= 0.3 is 12.1 Å². The van der Waals surface area contributed by atoms with Crippen LogP contribution < -0.4 is 0 Å². The van der Waals surface area contributed by atoms with E-state index in [1.807, 2.05) is 0 Å². The summed E-state index contributed by atoms with van der Waals surface area (Å²) < 4.78 is 18.6. The number of hydrogen-bond acceptors (Lipinski definition) is 5. The number of nitro groups is 1. The number of carboxylic acid groups (broad SMARTS) is 1. The number of H-pyrrole nitrogens is 1. The van der Waals surface area contributed by atoms with Gasteiger partial charge in [-0.3, -0.25) is 10.1 Å². The second-order valence-electron chi connectivity index (χ2n) is 6.72. The van der Waals surface area contributed by atoms with Gasteiger partial charge in [0.05, 0.1) is 28.8 Å². The lowest BCUT2D eigenvalue weighted by molar-refractivity contribution is -0.400. The summed E-state index contributed by atoms with van der Waals surface area (Å²) >= 11 is 0. The van der Waals surface area contributed by atoms with Gasteiger partial charge in [-0.2, -0.15) is 0 Å². The summed E-state index contributed by atoms with van der Waals surface area (Å²) in [6.45, 7) is 0.294. The van der Waals surface area contributed by atoms with E-state index in [1.54, 1.807) is 31.3 Å². The van der Waals surface area contributed by atoms with Gasteiger partial charge in [-0.1, -0.05) is 24.3 Å². The Labute approximate surface area is 175 Å². The first kappa shape index (κ1) is 21.5. The molecule has 9 nitrogen and oxygen atoms in total. The summed E-state index contributed by atoms with van der Waals surface area (Å²) in [6, 6.07) is 8.93. The van der Waals surface area contributed by atoms with Crippen molar-refractivity contribution in [1.29, 1.82) is 0 Å².